The van der Waals surface area contributed by atoms with Crippen LogP contribution in [0.15, 0.2) is 18.2 Å². The first-order valence-electron chi connectivity index (χ1n) is 8.93. The fourth-order valence-electron chi connectivity index (χ4n) is 5.96. The third-order valence-corrected chi connectivity index (χ3v) is 7.23. The first kappa shape index (κ1) is 14.8. The van der Waals surface area contributed by atoms with E-state index in [0.29, 0.717) is 11.6 Å². The van der Waals surface area contributed by atoms with E-state index in [1.165, 1.54) is 62.0 Å². The molecule has 1 aromatic heterocycles. The third kappa shape index (κ3) is 2.53. The summed E-state index contributed by atoms with van der Waals surface area (Å²) in [6, 6.07) is 4.54. The number of halogens is 1. The van der Waals surface area contributed by atoms with Gasteiger partial charge in [-0.1, -0.05) is 11.3 Å². The van der Waals surface area contributed by atoms with E-state index in [1.807, 2.05) is 0 Å². The van der Waals surface area contributed by atoms with Crippen LogP contribution in [0, 0.1) is 29.0 Å². The molecule has 1 N–H and O–H groups in total. The molecular formula is C19H21FN2OS. The molecule has 4 fully saturated rings. The maximum atomic E-state index is 13.3. The zero-order valence-electron chi connectivity index (χ0n) is 13.6. The van der Waals surface area contributed by atoms with Crippen LogP contribution in [-0.2, 0) is 4.79 Å². The van der Waals surface area contributed by atoms with E-state index in [2.05, 4.69) is 10.3 Å². The van der Waals surface area contributed by atoms with Gasteiger partial charge in [0, 0.05) is 6.42 Å². The lowest BCUT2D eigenvalue weighted by molar-refractivity contribution is -0.124. The van der Waals surface area contributed by atoms with Gasteiger partial charge < -0.3 is 5.32 Å². The number of nitrogens with one attached hydrogen (secondary N) is 1. The van der Waals surface area contributed by atoms with Gasteiger partial charge in [-0.05, 0) is 79.9 Å². The number of hydrogen-bond acceptors (Lipinski definition) is 3. The molecule has 0 aliphatic heterocycles. The number of thiazole rings is 1. The minimum atomic E-state index is -0.266. The van der Waals surface area contributed by atoms with Gasteiger partial charge in [-0.15, -0.1) is 0 Å². The summed E-state index contributed by atoms with van der Waals surface area (Å²) in [5.74, 6) is 2.38. The highest BCUT2D eigenvalue weighted by Gasteiger charge is 2.51. The van der Waals surface area contributed by atoms with E-state index < -0.39 is 0 Å². The minimum absolute atomic E-state index is 0.0801. The van der Waals surface area contributed by atoms with Crippen LogP contribution < -0.4 is 5.32 Å². The summed E-state index contributed by atoms with van der Waals surface area (Å²) in [6.45, 7) is 0. The van der Waals surface area contributed by atoms with Crippen molar-refractivity contribution in [2.75, 3.05) is 5.32 Å². The molecular weight excluding hydrogens is 323 g/mol. The fraction of sp³-hybridized carbons (Fsp3) is 0.579. The van der Waals surface area contributed by atoms with Gasteiger partial charge in [-0.25, -0.2) is 9.37 Å². The normalized spacial score (nSPS) is 34.0. The van der Waals surface area contributed by atoms with Gasteiger partial charge in [0.05, 0.1) is 10.2 Å². The van der Waals surface area contributed by atoms with E-state index in [9.17, 15) is 9.18 Å². The second-order valence-corrected chi connectivity index (χ2v) is 9.30. The number of carbonyl (C=O) groups is 1. The summed E-state index contributed by atoms with van der Waals surface area (Å²) in [5, 5.41) is 3.56. The highest BCUT2D eigenvalue weighted by molar-refractivity contribution is 7.22. The van der Waals surface area contributed by atoms with E-state index in [-0.39, 0.29) is 17.1 Å². The molecule has 4 bridgehead atoms. The van der Waals surface area contributed by atoms with E-state index in [0.717, 1.165) is 28.0 Å². The van der Waals surface area contributed by atoms with Gasteiger partial charge in [0.15, 0.2) is 5.13 Å². The van der Waals surface area contributed by atoms with Crippen LogP contribution in [0.25, 0.3) is 10.2 Å². The molecule has 6 rings (SSSR count). The Morgan fingerprint density at radius 2 is 1.88 bits per heavy atom. The third-order valence-electron chi connectivity index (χ3n) is 6.30. The average molecular weight is 344 g/mol. The maximum Gasteiger partial charge on any atom is 0.226 e. The van der Waals surface area contributed by atoms with Crippen LogP contribution in [0.2, 0.25) is 0 Å². The van der Waals surface area contributed by atoms with Crippen molar-refractivity contribution in [2.24, 2.45) is 23.2 Å². The Morgan fingerprint density at radius 1 is 1.21 bits per heavy atom. The van der Waals surface area contributed by atoms with Crippen molar-refractivity contribution in [2.45, 2.75) is 44.9 Å². The Hall–Kier alpha value is -1.49. The molecule has 0 atom stereocenters. The lowest BCUT2D eigenvalue weighted by atomic mass is 9.49. The van der Waals surface area contributed by atoms with Crippen molar-refractivity contribution in [1.82, 2.24) is 4.98 Å². The molecule has 0 saturated heterocycles. The van der Waals surface area contributed by atoms with Gasteiger partial charge in [-0.2, -0.15) is 0 Å². The number of rotatable bonds is 3. The first-order valence-corrected chi connectivity index (χ1v) is 9.75. The molecule has 4 aliphatic rings. The van der Waals surface area contributed by atoms with Crippen molar-refractivity contribution in [3.8, 4) is 0 Å². The van der Waals surface area contributed by atoms with E-state index >= 15 is 0 Å². The Morgan fingerprint density at radius 3 is 2.54 bits per heavy atom. The predicted octanol–water partition coefficient (Wildman–Crippen LogP) is 4.98. The standard InChI is InChI=1S/C19H21FN2OS/c20-14-1-2-15-16(6-14)24-18(21-15)22-17(23)10-19-7-11-3-12(8-19)5-13(4-11)9-19/h1-2,6,11-13H,3-5,7-10H2,(H,21,22,23). The molecule has 0 spiro atoms. The summed E-state index contributed by atoms with van der Waals surface area (Å²) in [4.78, 5) is 17.0. The summed E-state index contributed by atoms with van der Waals surface area (Å²) < 4.78 is 14.1. The summed E-state index contributed by atoms with van der Waals surface area (Å²) in [7, 11) is 0. The number of aromatic nitrogens is 1. The monoisotopic (exact) mass is 344 g/mol. The number of fused-ring (bicyclic) bond motifs is 1. The molecule has 4 aliphatic carbocycles. The molecule has 0 unspecified atom stereocenters. The van der Waals surface area contributed by atoms with Crippen molar-refractivity contribution in [1.29, 1.82) is 0 Å². The highest BCUT2D eigenvalue weighted by atomic mass is 32.1. The fourth-order valence-corrected chi connectivity index (χ4v) is 6.87. The first-order chi connectivity index (χ1) is 11.6. The van der Waals surface area contributed by atoms with Gasteiger partial charge in [-0.3, -0.25) is 4.79 Å². The van der Waals surface area contributed by atoms with Gasteiger partial charge in [0.1, 0.15) is 5.82 Å². The molecule has 0 radical (unpaired) electrons. The van der Waals surface area contributed by atoms with Crippen LogP contribution in [0.5, 0.6) is 0 Å². The summed E-state index contributed by atoms with van der Waals surface area (Å²) in [5.41, 5.74) is 0.980. The van der Waals surface area contributed by atoms with Crippen LogP contribution in [0.4, 0.5) is 9.52 Å². The second kappa shape index (κ2) is 5.25. The average Bonchev–Trinajstić information content (AvgIpc) is 2.85. The summed E-state index contributed by atoms with van der Waals surface area (Å²) in [6.07, 6.45) is 8.51. The zero-order chi connectivity index (χ0) is 16.3. The van der Waals surface area contributed by atoms with Crippen LogP contribution >= 0.6 is 11.3 Å². The van der Waals surface area contributed by atoms with Crippen molar-refractivity contribution < 1.29 is 9.18 Å². The topological polar surface area (TPSA) is 42.0 Å². The molecule has 4 saturated carbocycles. The highest BCUT2D eigenvalue weighted by Crippen LogP contribution is 2.61. The Bertz CT molecular complexity index is 780. The molecule has 3 nitrogen and oxygen atoms in total. The number of hydrogen-bond donors (Lipinski definition) is 1. The van der Waals surface area contributed by atoms with Crippen molar-refractivity contribution in [3.05, 3.63) is 24.0 Å². The molecule has 1 amide bonds. The van der Waals surface area contributed by atoms with Gasteiger partial charge >= 0.3 is 0 Å². The van der Waals surface area contributed by atoms with Crippen LogP contribution in [0.1, 0.15) is 44.9 Å². The zero-order valence-corrected chi connectivity index (χ0v) is 14.4. The van der Waals surface area contributed by atoms with Crippen LogP contribution in [0.3, 0.4) is 0 Å². The van der Waals surface area contributed by atoms with Gasteiger partial charge in [0.2, 0.25) is 5.91 Å². The quantitative estimate of drug-likeness (QED) is 0.853. The smallest absolute Gasteiger partial charge is 0.226 e. The van der Waals surface area contributed by atoms with E-state index in [1.54, 1.807) is 6.07 Å². The molecule has 1 aromatic carbocycles. The molecule has 5 heteroatoms. The Kier molecular flexibility index (Phi) is 3.24. The van der Waals surface area contributed by atoms with Gasteiger partial charge in [0.25, 0.3) is 0 Å². The molecule has 24 heavy (non-hydrogen) atoms. The predicted molar refractivity (Wildman–Crippen MR) is 93.4 cm³/mol. The number of benzene rings is 1. The van der Waals surface area contributed by atoms with Crippen LogP contribution in [-0.4, -0.2) is 10.9 Å². The van der Waals surface area contributed by atoms with Crippen molar-refractivity contribution in [3.63, 3.8) is 0 Å². The summed E-state index contributed by atoms with van der Waals surface area (Å²) >= 11 is 1.35. The Balaban J connectivity index is 1.31. The number of nitrogens with zero attached hydrogens (tertiary/aromatic N) is 1. The second-order valence-electron chi connectivity index (χ2n) is 8.27. The lowest BCUT2D eigenvalue weighted by Crippen LogP contribution is -2.47. The Labute approximate surface area is 144 Å². The molecule has 1 heterocycles. The number of amides is 1. The lowest BCUT2D eigenvalue weighted by Gasteiger charge is -2.56. The van der Waals surface area contributed by atoms with E-state index in [4.69, 9.17) is 0 Å². The number of carbonyl (C=O) groups excluding carboxylic acids is 1. The molecule has 2 aromatic rings. The SMILES string of the molecule is O=C(CC12CC3CC(CC(C3)C1)C2)Nc1nc2ccc(F)cc2s1. The largest absolute Gasteiger partial charge is 0.302 e. The molecule has 126 valence electrons. The number of anilines is 1. The maximum absolute atomic E-state index is 13.3. The van der Waals surface area contributed by atoms with Crippen molar-refractivity contribution >= 4 is 32.6 Å². The minimum Gasteiger partial charge on any atom is -0.302 e.